The maximum Gasteiger partial charge on any atom is 0.0611 e. The lowest BCUT2D eigenvalue weighted by atomic mass is 9.90. The highest BCUT2D eigenvalue weighted by molar-refractivity contribution is 5.44. The van der Waals surface area contributed by atoms with Crippen molar-refractivity contribution in [1.29, 1.82) is 0 Å². The lowest BCUT2D eigenvalue weighted by Gasteiger charge is -2.48. The zero-order valence-electron chi connectivity index (χ0n) is 15.1. The Morgan fingerprint density at radius 2 is 1.35 bits per heavy atom. The second-order valence-electron chi connectivity index (χ2n) is 7.22. The van der Waals surface area contributed by atoms with Crippen LogP contribution in [0.1, 0.15) is 28.3 Å². The van der Waals surface area contributed by atoms with E-state index < -0.39 is 0 Å². The van der Waals surface area contributed by atoms with Crippen LogP contribution in [0.4, 0.5) is 0 Å². The first-order chi connectivity index (χ1) is 12.8. The van der Waals surface area contributed by atoms with Crippen LogP contribution < -0.4 is 0 Å². The summed E-state index contributed by atoms with van der Waals surface area (Å²) in [6.07, 6.45) is 13.3. The molecule has 0 unspecified atom stereocenters. The predicted octanol–water partition coefficient (Wildman–Crippen LogP) is 3.13. The van der Waals surface area contributed by atoms with Gasteiger partial charge in [0.2, 0.25) is 0 Å². The van der Waals surface area contributed by atoms with Gasteiger partial charge in [0.1, 0.15) is 0 Å². The molecule has 2 heteroatoms. The molecule has 1 fully saturated rings. The van der Waals surface area contributed by atoms with Crippen molar-refractivity contribution in [3.8, 4) is 24.7 Å². The van der Waals surface area contributed by atoms with E-state index >= 15 is 0 Å². The summed E-state index contributed by atoms with van der Waals surface area (Å²) in [5.41, 5.74) is 5.86. The van der Waals surface area contributed by atoms with E-state index in [1.807, 2.05) is 0 Å². The summed E-state index contributed by atoms with van der Waals surface area (Å²) in [5.74, 6) is 5.50. The van der Waals surface area contributed by atoms with Crippen molar-refractivity contribution >= 4 is 0 Å². The fourth-order valence-corrected chi connectivity index (χ4v) is 4.37. The first-order valence-corrected chi connectivity index (χ1v) is 9.32. The van der Waals surface area contributed by atoms with Gasteiger partial charge in [-0.2, -0.15) is 0 Å². The normalized spacial score (nSPS) is 17.5. The maximum atomic E-state index is 5.53. The minimum atomic E-state index is 0.333. The zero-order chi connectivity index (χ0) is 17.9. The molecule has 26 heavy (non-hydrogen) atoms. The Morgan fingerprint density at radius 1 is 0.846 bits per heavy atom. The third-order valence-corrected chi connectivity index (χ3v) is 5.72. The molecule has 1 aliphatic heterocycles. The van der Waals surface area contributed by atoms with Crippen molar-refractivity contribution in [2.45, 2.75) is 24.9 Å². The molecule has 1 saturated heterocycles. The minimum absolute atomic E-state index is 0.333. The Hall–Kier alpha value is -2.52. The van der Waals surface area contributed by atoms with Gasteiger partial charge in [-0.15, -0.1) is 12.8 Å². The largest absolute Gasteiger partial charge is 0.289 e. The van der Waals surface area contributed by atoms with E-state index in [-0.39, 0.29) is 0 Å². The highest BCUT2D eigenvalue weighted by Gasteiger charge is 2.38. The molecular weight excluding hydrogens is 316 g/mol. The Bertz CT molecular complexity index is 801. The van der Waals surface area contributed by atoms with Gasteiger partial charge in [0, 0.05) is 19.1 Å². The molecule has 4 rings (SSSR count). The van der Waals surface area contributed by atoms with E-state index in [0.29, 0.717) is 25.2 Å². The molecule has 0 radical (unpaired) electrons. The zero-order valence-corrected chi connectivity index (χ0v) is 15.1. The third kappa shape index (κ3) is 3.04. The summed E-state index contributed by atoms with van der Waals surface area (Å²) in [5, 5.41) is 0. The van der Waals surface area contributed by atoms with Gasteiger partial charge in [-0.3, -0.25) is 9.80 Å². The minimum Gasteiger partial charge on any atom is -0.289 e. The van der Waals surface area contributed by atoms with Crippen molar-refractivity contribution in [3.05, 3.63) is 70.8 Å². The molecule has 0 aromatic heterocycles. The number of hydrogen-bond acceptors (Lipinski definition) is 2. The number of likely N-dealkylation sites (tertiary alicyclic amines) is 1. The smallest absolute Gasteiger partial charge is 0.0611 e. The van der Waals surface area contributed by atoms with E-state index in [4.69, 9.17) is 12.8 Å². The summed E-state index contributed by atoms with van der Waals surface area (Å²) in [4.78, 5) is 4.82. The Kier molecular flexibility index (Phi) is 4.81. The van der Waals surface area contributed by atoms with Gasteiger partial charge in [-0.05, 0) is 35.1 Å². The van der Waals surface area contributed by atoms with Crippen molar-refractivity contribution in [3.63, 3.8) is 0 Å². The van der Waals surface area contributed by atoms with Gasteiger partial charge in [-0.25, -0.2) is 0 Å². The molecule has 1 heterocycles. The van der Waals surface area contributed by atoms with Crippen LogP contribution in [0.2, 0.25) is 0 Å². The average Bonchev–Trinajstić information content (AvgIpc) is 2.79. The Labute approximate surface area is 156 Å². The molecule has 2 nitrogen and oxygen atoms in total. The molecule has 0 amide bonds. The van der Waals surface area contributed by atoms with E-state index in [1.54, 1.807) is 0 Å². The fraction of sp³-hybridized carbons (Fsp3) is 0.333. The first-order valence-electron chi connectivity index (χ1n) is 9.32. The number of rotatable bonds is 4. The van der Waals surface area contributed by atoms with Gasteiger partial charge in [0.05, 0.1) is 19.1 Å². The van der Waals surface area contributed by atoms with Gasteiger partial charge in [0.25, 0.3) is 0 Å². The highest BCUT2D eigenvalue weighted by Crippen LogP contribution is 2.39. The molecule has 0 N–H and O–H groups in total. The van der Waals surface area contributed by atoms with Gasteiger partial charge in [-0.1, -0.05) is 60.4 Å². The molecule has 0 atom stereocenters. The third-order valence-electron chi connectivity index (χ3n) is 5.72. The average molecular weight is 340 g/mol. The maximum absolute atomic E-state index is 5.53. The summed E-state index contributed by atoms with van der Waals surface area (Å²) in [7, 11) is 0. The number of hydrogen-bond donors (Lipinski definition) is 0. The van der Waals surface area contributed by atoms with E-state index in [9.17, 15) is 0 Å². The van der Waals surface area contributed by atoms with Crippen LogP contribution in [0.3, 0.4) is 0 Å². The molecule has 0 bridgehead atoms. The van der Waals surface area contributed by atoms with Crippen LogP contribution >= 0.6 is 0 Å². The molecule has 130 valence electrons. The van der Waals surface area contributed by atoms with E-state index in [2.05, 4.69) is 70.2 Å². The summed E-state index contributed by atoms with van der Waals surface area (Å²) in [6, 6.07) is 18.6. The van der Waals surface area contributed by atoms with E-state index in [1.165, 1.54) is 22.3 Å². The van der Waals surface area contributed by atoms with Crippen LogP contribution in [0.15, 0.2) is 48.5 Å². The van der Waals surface area contributed by atoms with Crippen LogP contribution in [-0.4, -0.2) is 42.0 Å². The van der Waals surface area contributed by atoms with Crippen molar-refractivity contribution in [2.24, 2.45) is 0 Å². The summed E-state index contributed by atoms with van der Waals surface area (Å²) < 4.78 is 0. The molecule has 2 aromatic rings. The van der Waals surface area contributed by atoms with Crippen LogP contribution in [0, 0.1) is 24.7 Å². The molecule has 2 aliphatic rings. The van der Waals surface area contributed by atoms with Crippen LogP contribution in [0.25, 0.3) is 0 Å². The van der Waals surface area contributed by atoms with Gasteiger partial charge >= 0.3 is 0 Å². The monoisotopic (exact) mass is 340 g/mol. The lowest BCUT2D eigenvalue weighted by Crippen LogP contribution is -2.60. The van der Waals surface area contributed by atoms with Crippen molar-refractivity contribution < 1.29 is 0 Å². The summed E-state index contributed by atoms with van der Waals surface area (Å²) >= 11 is 0. The van der Waals surface area contributed by atoms with Crippen LogP contribution in [-0.2, 0) is 12.8 Å². The quantitative estimate of drug-likeness (QED) is 0.789. The first kappa shape index (κ1) is 16.9. The molecular formula is C24H24N2. The Balaban J connectivity index is 1.63. The lowest BCUT2D eigenvalue weighted by molar-refractivity contribution is 0.0272. The number of fused-ring (bicyclic) bond motifs is 2. The Morgan fingerprint density at radius 3 is 1.85 bits per heavy atom. The van der Waals surface area contributed by atoms with Gasteiger partial charge in [0.15, 0.2) is 0 Å². The number of terminal acetylenes is 2. The second kappa shape index (κ2) is 7.38. The van der Waals surface area contributed by atoms with Crippen LogP contribution in [0.5, 0.6) is 0 Å². The SMILES string of the molecule is C#CCN(CC#C)C1CN(C2c3ccccc3CCc3ccccc32)C1. The molecule has 0 spiro atoms. The predicted molar refractivity (Wildman–Crippen MR) is 107 cm³/mol. The number of aryl methyl sites for hydroxylation is 2. The topological polar surface area (TPSA) is 6.48 Å². The molecule has 1 aliphatic carbocycles. The van der Waals surface area contributed by atoms with E-state index in [0.717, 1.165) is 25.9 Å². The van der Waals surface area contributed by atoms with Crippen molar-refractivity contribution in [2.75, 3.05) is 26.2 Å². The standard InChI is InChI=1S/C24H24N2/c1-3-15-25(16-4-2)21-17-26(18-21)24-22-11-7-5-9-19(22)13-14-20-10-6-8-12-23(20)24/h1-2,5-12,21,24H,13-18H2. The van der Waals surface area contributed by atoms with Gasteiger partial charge < -0.3 is 0 Å². The molecule has 0 saturated carbocycles. The fourth-order valence-electron chi connectivity index (χ4n) is 4.37. The van der Waals surface area contributed by atoms with Crippen molar-refractivity contribution in [1.82, 2.24) is 9.80 Å². The second-order valence-corrected chi connectivity index (χ2v) is 7.22. The molecule has 2 aromatic carbocycles. The number of benzene rings is 2. The number of nitrogens with zero attached hydrogens (tertiary/aromatic N) is 2. The highest BCUT2D eigenvalue weighted by atomic mass is 15.3. The summed E-state index contributed by atoms with van der Waals surface area (Å²) in [6.45, 7) is 3.27.